The monoisotopic (exact) mass is 369 g/mol. The predicted octanol–water partition coefficient (Wildman–Crippen LogP) is 4.29. The summed E-state index contributed by atoms with van der Waals surface area (Å²) in [4.78, 5) is 24.8. The maximum Gasteiger partial charge on any atom is 0.411 e. The first kappa shape index (κ1) is 18.8. The number of para-hydroxylation sites is 1. The van der Waals surface area contributed by atoms with E-state index in [0.717, 1.165) is 30.5 Å². The van der Waals surface area contributed by atoms with Gasteiger partial charge in [-0.3, -0.25) is 15.4 Å². The number of carbonyl (C=O) groups is 1. The molecular weight excluding hydrogens is 346 g/mol. The SMILES string of the molecule is CN1CCCC1CCOC(=O)Nc1ccccc1-c1ccc([N+](=O)[O-])cc1. The molecule has 1 aliphatic heterocycles. The number of amides is 1. The second-order valence-electron chi connectivity index (χ2n) is 6.68. The maximum absolute atomic E-state index is 12.2. The number of nitro groups is 1. The summed E-state index contributed by atoms with van der Waals surface area (Å²) >= 11 is 0. The van der Waals surface area contributed by atoms with Gasteiger partial charge in [0.05, 0.1) is 17.2 Å². The van der Waals surface area contributed by atoms with Crippen molar-refractivity contribution in [3.05, 3.63) is 58.6 Å². The maximum atomic E-state index is 12.2. The van der Waals surface area contributed by atoms with Crippen LogP contribution < -0.4 is 5.32 Å². The number of hydrogen-bond acceptors (Lipinski definition) is 5. The van der Waals surface area contributed by atoms with E-state index in [1.54, 1.807) is 18.2 Å². The number of non-ortho nitro benzene ring substituents is 1. The zero-order valence-electron chi connectivity index (χ0n) is 15.3. The molecule has 0 aromatic heterocycles. The molecular formula is C20H23N3O4. The quantitative estimate of drug-likeness (QED) is 0.606. The summed E-state index contributed by atoms with van der Waals surface area (Å²) in [6.45, 7) is 1.47. The van der Waals surface area contributed by atoms with E-state index in [0.29, 0.717) is 18.3 Å². The Morgan fingerprint density at radius 3 is 2.67 bits per heavy atom. The normalized spacial score (nSPS) is 16.9. The van der Waals surface area contributed by atoms with Gasteiger partial charge >= 0.3 is 6.09 Å². The molecule has 1 unspecified atom stereocenters. The third kappa shape index (κ3) is 4.83. The fraction of sp³-hybridized carbons (Fsp3) is 0.350. The highest BCUT2D eigenvalue weighted by molar-refractivity contribution is 5.91. The lowest BCUT2D eigenvalue weighted by molar-refractivity contribution is -0.384. The van der Waals surface area contributed by atoms with Gasteiger partial charge in [0, 0.05) is 23.7 Å². The molecule has 7 heteroatoms. The van der Waals surface area contributed by atoms with Crippen LogP contribution in [0.5, 0.6) is 0 Å². The first-order chi connectivity index (χ1) is 13.0. The third-order valence-electron chi connectivity index (χ3n) is 4.91. The second-order valence-corrected chi connectivity index (χ2v) is 6.68. The van der Waals surface area contributed by atoms with E-state index in [2.05, 4.69) is 17.3 Å². The number of hydrogen-bond donors (Lipinski definition) is 1. The third-order valence-corrected chi connectivity index (χ3v) is 4.91. The van der Waals surface area contributed by atoms with Crippen LogP contribution in [0, 0.1) is 10.1 Å². The van der Waals surface area contributed by atoms with Crippen LogP contribution in [0.2, 0.25) is 0 Å². The van der Waals surface area contributed by atoms with Crippen LogP contribution in [-0.4, -0.2) is 42.2 Å². The van der Waals surface area contributed by atoms with E-state index in [9.17, 15) is 14.9 Å². The van der Waals surface area contributed by atoms with E-state index in [1.165, 1.54) is 18.6 Å². The van der Waals surface area contributed by atoms with Crippen LogP contribution in [0.1, 0.15) is 19.3 Å². The Morgan fingerprint density at radius 1 is 1.26 bits per heavy atom. The molecule has 0 saturated carbocycles. The second kappa shape index (κ2) is 8.64. The Kier molecular flexibility index (Phi) is 6.03. The van der Waals surface area contributed by atoms with Gasteiger partial charge in [-0.2, -0.15) is 0 Å². The smallest absolute Gasteiger partial charge is 0.411 e. The molecule has 0 spiro atoms. The zero-order valence-corrected chi connectivity index (χ0v) is 15.3. The lowest BCUT2D eigenvalue weighted by atomic mass is 10.0. The number of nitro benzene ring substituents is 1. The standard InChI is InChI=1S/C20H23N3O4/c1-22-13-4-5-16(22)12-14-27-20(24)21-19-7-3-2-6-18(19)15-8-10-17(11-9-15)23(25)26/h2-3,6-11,16H,4-5,12-14H2,1H3,(H,21,24). The number of likely N-dealkylation sites (tertiary alicyclic amines) is 1. The van der Waals surface area contributed by atoms with Crippen molar-refractivity contribution in [2.75, 3.05) is 25.5 Å². The van der Waals surface area contributed by atoms with Crippen LogP contribution in [0.3, 0.4) is 0 Å². The van der Waals surface area contributed by atoms with Gasteiger partial charge in [-0.15, -0.1) is 0 Å². The van der Waals surface area contributed by atoms with Gasteiger partial charge in [-0.1, -0.05) is 18.2 Å². The lowest BCUT2D eigenvalue weighted by Gasteiger charge is -2.19. The highest BCUT2D eigenvalue weighted by Gasteiger charge is 2.21. The van der Waals surface area contributed by atoms with E-state index in [1.807, 2.05) is 18.2 Å². The fourth-order valence-corrected chi connectivity index (χ4v) is 3.38. The van der Waals surface area contributed by atoms with Gasteiger partial charge in [0.1, 0.15) is 0 Å². The van der Waals surface area contributed by atoms with E-state index in [-0.39, 0.29) is 5.69 Å². The number of nitrogens with zero attached hydrogens (tertiary/aromatic N) is 2. The van der Waals surface area contributed by atoms with Crippen molar-refractivity contribution < 1.29 is 14.5 Å². The summed E-state index contributed by atoms with van der Waals surface area (Å²) in [7, 11) is 2.10. The lowest BCUT2D eigenvalue weighted by Crippen LogP contribution is -2.27. The van der Waals surface area contributed by atoms with Crippen molar-refractivity contribution in [3.63, 3.8) is 0 Å². The molecule has 142 valence electrons. The molecule has 1 heterocycles. The minimum atomic E-state index is -0.495. The fourth-order valence-electron chi connectivity index (χ4n) is 3.38. The number of ether oxygens (including phenoxy) is 1. The van der Waals surface area contributed by atoms with Gasteiger partial charge in [0.15, 0.2) is 0 Å². The molecule has 2 aromatic carbocycles. The topological polar surface area (TPSA) is 84.7 Å². The molecule has 1 saturated heterocycles. The molecule has 3 rings (SSSR count). The largest absolute Gasteiger partial charge is 0.449 e. The molecule has 0 aliphatic carbocycles. The first-order valence-corrected chi connectivity index (χ1v) is 9.02. The average molecular weight is 369 g/mol. The Bertz CT molecular complexity index is 807. The molecule has 1 N–H and O–H groups in total. The average Bonchev–Trinajstić information content (AvgIpc) is 3.07. The molecule has 27 heavy (non-hydrogen) atoms. The van der Waals surface area contributed by atoms with Gasteiger partial charge in [0.2, 0.25) is 0 Å². The summed E-state index contributed by atoms with van der Waals surface area (Å²) < 4.78 is 5.33. The highest BCUT2D eigenvalue weighted by Crippen LogP contribution is 2.29. The zero-order chi connectivity index (χ0) is 19.2. The van der Waals surface area contributed by atoms with Gasteiger partial charge in [-0.05, 0) is 56.6 Å². The van der Waals surface area contributed by atoms with E-state index in [4.69, 9.17) is 4.74 Å². The van der Waals surface area contributed by atoms with Crippen molar-refractivity contribution in [3.8, 4) is 11.1 Å². The Hall–Kier alpha value is -2.93. The van der Waals surface area contributed by atoms with Crippen molar-refractivity contribution in [1.82, 2.24) is 4.90 Å². The molecule has 2 aromatic rings. The number of benzene rings is 2. The summed E-state index contributed by atoms with van der Waals surface area (Å²) in [5, 5.41) is 13.6. The predicted molar refractivity (Wildman–Crippen MR) is 104 cm³/mol. The summed E-state index contributed by atoms with van der Waals surface area (Å²) in [6, 6.07) is 14.0. The van der Waals surface area contributed by atoms with Crippen LogP contribution in [-0.2, 0) is 4.74 Å². The molecule has 0 radical (unpaired) electrons. The Balaban J connectivity index is 1.61. The highest BCUT2D eigenvalue weighted by atomic mass is 16.6. The van der Waals surface area contributed by atoms with Crippen molar-refractivity contribution >= 4 is 17.5 Å². The summed E-state index contributed by atoms with van der Waals surface area (Å²) in [6.07, 6.45) is 2.67. The molecule has 1 amide bonds. The van der Waals surface area contributed by atoms with Gasteiger partial charge in [-0.25, -0.2) is 4.79 Å². The molecule has 1 aliphatic rings. The summed E-state index contributed by atoms with van der Waals surface area (Å²) in [5.41, 5.74) is 2.19. The van der Waals surface area contributed by atoms with Crippen LogP contribution in [0.15, 0.2) is 48.5 Å². The Labute approximate surface area is 158 Å². The molecule has 1 atom stereocenters. The number of anilines is 1. The molecule has 0 bridgehead atoms. The number of nitrogens with one attached hydrogen (secondary N) is 1. The van der Waals surface area contributed by atoms with E-state index >= 15 is 0 Å². The molecule has 7 nitrogen and oxygen atoms in total. The van der Waals surface area contributed by atoms with Crippen LogP contribution in [0.4, 0.5) is 16.2 Å². The van der Waals surface area contributed by atoms with Crippen molar-refractivity contribution in [1.29, 1.82) is 0 Å². The number of carbonyl (C=O) groups excluding carboxylic acids is 1. The molecule has 1 fully saturated rings. The van der Waals surface area contributed by atoms with Crippen molar-refractivity contribution in [2.24, 2.45) is 0 Å². The first-order valence-electron chi connectivity index (χ1n) is 9.02. The summed E-state index contributed by atoms with van der Waals surface area (Å²) in [5.74, 6) is 0. The Morgan fingerprint density at radius 2 is 2.00 bits per heavy atom. The van der Waals surface area contributed by atoms with Gasteiger partial charge < -0.3 is 9.64 Å². The van der Waals surface area contributed by atoms with Crippen LogP contribution >= 0.6 is 0 Å². The van der Waals surface area contributed by atoms with Crippen LogP contribution in [0.25, 0.3) is 11.1 Å². The number of rotatable bonds is 6. The minimum absolute atomic E-state index is 0.0282. The minimum Gasteiger partial charge on any atom is -0.449 e. The van der Waals surface area contributed by atoms with Gasteiger partial charge in [0.25, 0.3) is 5.69 Å². The van der Waals surface area contributed by atoms with Crippen molar-refractivity contribution in [2.45, 2.75) is 25.3 Å². The van der Waals surface area contributed by atoms with E-state index < -0.39 is 11.0 Å².